The fraction of sp³-hybridized carbons (Fsp3) is 0.533. The molecular weight excluding hydrogens is 320 g/mol. The molecule has 4 nitrogen and oxygen atoms in total. The van der Waals surface area contributed by atoms with Crippen LogP contribution in [-0.4, -0.2) is 17.6 Å². The van der Waals surface area contributed by atoms with Gasteiger partial charge in [-0.2, -0.15) is 0 Å². The van der Waals surface area contributed by atoms with Gasteiger partial charge in [-0.05, 0) is 30.5 Å². The van der Waals surface area contributed by atoms with Gasteiger partial charge in [0, 0.05) is 4.47 Å². The molecular formula is C15H23BrN2O2. The van der Waals surface area contributed by atoms with Gasteiger partial charge in [0.05, 0.1) is 12.2 Å². The van der Waals surface area contributed by atoms with Crippen molar-refractivity contribution in [1.82, 2.24) is 0 Å². The van der Waals surface area contributed by atoms with Gasteiger partial charge < -0.3 is 15.7 Å². The third-order valence-electron chi connectivity index (χ3n) is 3.35. The molecule has 1 atom stereocenters. The van der Waals surface area contributed by atoms with Crippen LogP contribution in [-0.2, 0) is 0 Å². The third kappa shape index (κ3) is 5.04. The number of oxime groups is 1. The van der Waals surface area contributed by atoms with Gasteiger partial charge in [-0.1, -0.05) is 54.2 Å². The highest BCUT2D eigenvalue weighted by atomic mass is 79.9. The van der Waals surface area contributed by atoms with Gasteiger partial charge in [0.25, 0.3) is 0 Å². The molecule has 5 heteroatoms. The third-order valence-corrected chi connectivity index (χ3v) is 3.84. The van der Waals surface area contributed by atoms with Crippen LogP contribution >= 0.6 is 15.9 Å². The number of halogens is 1. The Balaban J connectivity index is 2.77. The fourth-order valence-electron chi connectivity index (χ4n) is 1.99. The van der Waals surface area contributed by atoms with E-state index < -0.39 is 0 Å². The highest BCUT2D eigenvalue weighted by Gasteiger charge is 2.12. The van der Waals surface area contributed by atoms with Crippen LogP contribution in [0.15, 0.2) is 27.8 Å². The molecule has 1 aromatic carbocycles. The molecule has 0 bridgehead atoms. The van der Waals surface area contributed by atoms with Crippen LogP contribution in [0.3, 0.4) is 0 Å². The van der Waals surface area contributed by atoms with E-state index >= 15 is 0 Å². The summed E-state index contributed by atoms with van der Waals surface area (Å²) in [6, 6.07) is 5.47. The maximum atomic E-state index is 8.82. The number of nitrogens with two attached hydrogens (primary N) is 1. The monoisotopic (exact) mass is 342 g/mol. The second kappa shape index (κ2) is 8.84. The van der Waals surface area contributed by atoms with Crippen LogP contribution < -0.4 is 10.5 Å². The summed E-state index contributed by atoms with van der Waals surface area (Å²) in [5.74, 6) is 1.24. The van der Waals surface area contributed by atoms with E-state index in [1.807, 2.05) is 12.1 Å². The van der Waals surface area contributed by atoms with E-state index in [9.17, 15) is 0 Å². The number of hydrogen-bond donors (Lipinski definition) is 2. The van der Waals surface area contributed by atoms with Crippen LogP contribution in [0.2, 0.25) is 0 Å². The molecule has 0 aliphatic rings. The molecule has 0 heterocycles. The van der Waals surface area contributed by atoms with Crippen molar-refractivity contribution < 1.29 is 9.94 Å². The van der Waals surface area contributed by atoms with Gasteiger partial charge in [0.15, 0.2) is 5.84 Å². The normalized spacial score (nSPS) is 13.2. The molecule has 0 saturated heterocycles. The largest absolute Gasteiger partial charge is 0.492 e. The maximum Gasteiger partial charge on any atom is 0.173 e. The first-order chi connectivity index (χ1) is 9.62. The van der Waals surface area contributed by atoms with E-state index in [1.54, 1.807) is 6.07 Å². The standard InChI is InChI=1S/C15H23BrN2O2/c1-3-5-6-11(4-2)10-20-14-9-12(16)7-8-13(14)15(17)18-19/h7-9,11,19H,3-6,10H2,1-2H3,(H2,17,18). The molecule has 0 radical (unpaired) electrons. The molecule has 0 aromatic heterocycles. The zero-order valence-electron chi connectivity index (χ0n) is 12.1. The topological polar surface area (TPSA) is 67.8 Å². The Bertz CT molecular complexity index is 449. The first-order valence-corrected chi connectivity index (χ1v) is 7.81. The van der Waals surface area contributed by atoms with Crippen LogP contribution in [0.4, 0.5) is 0 Å². The van der Waals surface area contributed by atoms with Gasteiger partial charge in [-0.25, -0.2) is 0 Å². The number of nitrogens with zero attached hydrogens (tertiary/aromatic N) is 1. The van der Waals surface area contributed by atoms with E-state index in [1.165, 1.54) is 19.3 Å². The molecule has 0 aliphatic heterocycles. The van der Waals surface area contributed by atoms with Gasteiger partial charge in [-0.15, -0.1) is 0 Å². The average molecular weight is 343 g/mol. The SMILES string of the molecule is CCCCC(CC)COc1cc(Br)ccc1/C(N)=N/O. The summed E-state index contributed by atoms with van der Waals surface area (Å²) in [7, 11) is 0. The predicted molar refractivity (Wildman–Crippen MR) is 85.5 cm³/mol. The summed E-state index contributed by atoms with van der Waals surface area (Å²) in [6.07, 6.45) is 4.67. The maximum absolute atomic E-state index is 8.82. The summed E-state index contributed by atoms with van der Waals surface area (Å²) in [5.41, 5.74) is 6.28. The lowest BCUT2D eigenvalue weighted by Gasteiger charge is -2.17. The minimum absolute atomic E-state index is 0.0640. The Labute approximate surface area is 129 Å². The highest BCUT2D eigenvalue weighted by Crippen LogP contribution is 2.25. The van der Waals surface area contributed by atoms with Crippen molar-refractivity contribution in [1.29, 1.82) is 0 Å². The molecule has 0 aliphatic carbocycles. The quantitative estimate of drug-likeness (QED) is 0.323. The molecule has 1 unspecified atom stereocenters. The number of amidine groups is 1. The van der Waals surface area contributed by atoms with Gasteiger partial charge in [0.2, 0.25) is 0 Å². The van der Waals surface area contributed by atoms with Gasteiger partial charge >= 0.3 is 0 Å². The summed E-state index contributed by atoms with van der Waals surface area (Å²) in [6.45, 7) is 5.02. The molecule has 112 valence electrons. The fourth-order valence-corrected chi connectivity index (χ4v) is 2.33. The lowest BCUT2D eigenvalue weighted by atomic mass is 10.0. The minimum Gasteiger partial charge on any atom is -0.492 e. The Morgan fingerprint density at radius 3 is 2.80 bits per heavy atom. The van der Waals surface area contributed by atoms with Crippen molar-refractivity contribution in [2.45, 2.75) is 39.5 Å². The number of rotatable bonds is 8. The zero-order valence-corrected chi connectivity index (χ0v) is 13.7. The van der Waals surface area contributed by atoms with Crippen molar-refractivity contribution in [2.75, 3.05) is 6.61 Å². The van der Waals surface area contributed by atoms with Crippen molar-refractivity contribution >= 4 is 21.8 Å². The predicted octanol–water partition coefficient (Wildman–Crippen LogP) is 4.14. The van der Waals surface area contributed by atoms with E-state index in [0.717, 1.165) is 10.9 Å². The zero-order chi connectivity index (χ0) is 15.0. The van der Waals surface area contributed by atoms with Crippen molar-refractivity contribution in [3.05, 3.63) is 28.2 Å². The Kier molecular flexibility index (Phi) is 7.44. The van der Waals surface area contributed by atoms with Crippen molar-refractivity contribution in [2.24, 2.45) is 16.8 Å². The van der Waals surface area contributed by atoms with Crippen molar-refractivity contribution in [3.63, 3.8) is 0 Å². The molecule has 1 aromatic rings. The molecule has 20 heavy (non-hydrogen) atoms. The molecule has 0 fully saturated rings. The van der Waals surface area contributed by atoms with Gasteiger partial charge in [0.1, 0.15) is 5.75 Å². The molecule has 3 N–H and O–H groups in total. The number of unbranched alkanes of at least 4 members (excludes halogenated alkanes) is 1. The molecule has 0 amide bonds. The molecule has 1 rings (SSSR count). The molecule has 0 saturated carbocycles. The highest BCUT2D eigenvalue weighted by molar-refractivity contribution is 9.10. The van der Waals surface area contributed by atoms with Crippen molar-refractivity contribution in [3.8, 4) is 5.75 Å². The Morgan fingerprint density at radius 1 is 1.45 bits per heavy atom. The van der Waals surface area contributed by atoms with Crippen LogP contribution in [0.5, 0.6) is 5.75 Å². The average Bonchev–Trinajstić information content (AvgIpc) is 2.47. The Hall–Kier alpha value is -1.23. The number of ether oxygens (including phenoxy) is 1. The lowest BCUT2D eigenvalue weighted by Crippen LogP contribution is -2.17. The first kappa shape index (κ1) is 16.8. The minimum atomic E-state index is 0.0640. The summed E-state index contributed by atoms with van der Waals surface area (Å²) in [4.78, 5) is 0. The summed E-state index contributed by atoms with van der Waals surface area (Å²) in [5, 5.41) is 11.9. The Morgan fingerprint density at radius 2 is 2.20 bits per heavy atom. The van der Waals surface area contributed by atoms with E-state index in [-0.39, 0.29) is 5.84 Å². The number of benzene rings is 1. The molecule has 0 spiro atoms. The van der Waals surface area contributed by atoms with E-state index in [2.05, 4.69) is 34.9 Å². The second-order valence-electron chi connectivity index (χ2n) is 4.85. The summed E-state index contributed by atoms with van der Waals surface area (Å²) < 4.78 is 6.80. The number of hydrogen-bond acceptors (Lipinski definition) is 3. The van der Waals surface area contributed by atoms with Crippen LogP contribution in [0.25, 0.3) is 0 Å². The second-order valence-corrected chi connectivity index (χ2v) is 5.77. The lowest BCUT2D eigenvalue weighted by molar-refractivity contribution is 0.232. The van der Waals surface area contributed by atoms with Gasteiger partial charge in [-0.3, -0.25) is 0 Å². The van der Waals surface area contributed by atoms with E-state index in [0.29, 0.717) is 23.8 Å². The summed E-state index contributed by atoms with van der Waals surface area (Å²) >= 11 is 3.41. The van der Waals surface area contributed by atoms with E-state index in [4.69, 9.17) is 15.7 Å². The first-order valence-electron chi connectivity index (χ1n) is 7.02. The van der Waals surface area contributed by atoms with Crippen LogP contribution in [0, 0.1) is 5.92 Å². The smallest absolute Gasteiger partial charge is 0.173 e. The van der Waals surface area contributed by atoms with Crippen LogP contribution in [0.1, 0.15) is 45.1 Å².